The molecule has 1 aromatic heterocycles. The van der Waals surface area contributed by atoms with Crippen LogP contribution in [0.15, 0.2) is 47.6 Å². The Bertz CT molecular complexity index is 1200. The van der Waals surface area contributed by atoms with Gasteiger partial charge in [0.1, 0.15) is 5.82 Å². The third-order valence-corrected chi connectivity index (χ3v) is 5.81. The summed E-state index contributed by atoms with van der Waals surface area (Å²) in [5.41, 5.74) is 0.458. The first-order chi connectivity index (χ1) is 16.1. The average molecular weight is 523 g/mol. The minimum atomic E-state index is -0.562. The second-order valence-electron chi connectivity index (χ2n) is 7.50. The molecule has 0 unspecified atom stereocenters. The van der Waals surface area contributed by atoms with E-state index in [1.54, 1.807) is 18.2 Å². The molecule has 0 radical (unpaired) electrons. The Morgan fingerprint density at radius 2 is 1.88 bits per heavy atom. The van der Waals surface area contributed by atoms with Gasteiger partial charge >= 0.3 is 0 Å². The molecule has 0 aliphatic rings. The number of nitro groups is 1. The Balaban J connectivity index is 1.63. The third-order valence-electron chi connectivity index (χ3n) is 4.53. The van der Waals surface area contributed by atoms with Crippen LogP contribution in [0.2, 0.25) is 10.0 Å². The molecule has 178 valence electrons. The molecule has 13 heteroatoms. The molecular weight excluding hydrogens is 503 g/mol. The van der Waals surface area contributed by atoms with Crippen LogP contribution in [0.3, 0.4) is 0 Å². The molecule has 2 aromatic carbocycles. The predicted octanol–water partition coefficient (Wildman–Crippen LogP) is 4.88. The van der Waals surface area contributed by atoms with Gasteiger partial charge in [0.2, 0.25) is 11.1 Å². The molecular formula is C21H20Cl2N6O4S. The number of aromatic amines is 1. The van der Waals surface area contributed by atoms with Crippen molar-refractivity contribution in [3.05, 3.63) is 74.0 Å². The number of thioether (sulfide) groups is 1. The number of nitrogens with zero attached hydrogens (tertiary/aromatic N) is 3. The van der Waals surface area contributed by atoms with Crippen molar-refractivity contribution in [2.45, 2.75) is 25.0 Å². The van der Waals surface area contributed by atoms with Gasteiger partial charge in [-0.25, -0.2) is 4.98 Å². The zero-order valence-electron chi connectivity index (χ0n) is 18.0. The highest BCUT2D eigenvalue weighted by molar-refractivity contribution is 7.99. The van der Waals surface area contributed by atoms with E-state index in [0.717, 1.165) is 11.8 Å². The second-order valence-corrected chi connectivity index (χ2v) is 9.32. The minimum absolute atomic E-state index is 0.0355. The van der Waals surface area contributed by atoms with E-state index in [0.29, 0.717) is 26.7 Å². The van der Waals surface area contributed by atoms with Crippen LogP contribution in [0.4, 0.5) is 11.4 Å². The van der Waals surface area contributed by atoms with Crippen LogP contribution in [0, 0.1) is 16.0 Å². The van der Waals surface area contributed by atoms with Crippen molar-refractivity contribution < 1.29 is 14.5 Å². The number of carbonyl (C=O) groups excluding carboxylic acids is 2. The summed E-state index contributed by atoms with van der Waals surface area (Å²) < 4.78 is 0. The van der Waals surface area contributed by atoms with Gasteiger partial charge in [-0.3, -0.25) is 24.8 Å². The number of non-ortho nitro benzene ring substituents is 1. The maximum atomic E-state index is 12.7. The quantitative estimate of drug-likeness (QED) is 0.206. The van der Waals surface area contributed by atoms with Gasteiger partial charge in [-0.1, -0.05) is 54.9 Å². The Morgan fingerprint density at radius 3 is 2.53 bits per heavy atom. The zero-order valence-corrected chi connectivity index (χ0v) is 20.4. The standard InChI is InChI=1S/C21H20Cl2N6O4S/c1-11(2)18(25-20(31)12-4-3-5-16(6-12)29(32)33)19-26-21(28-27-19)34-10-17(30)24-15-8-13(22)7-14(23)9-15/h3-9,11,18H,10H2,1-2H3,(H,24,30)(H,25,31)(H,26,27,28)/t18-/m1/s1. The fraction of sp³-hybridized carbons (Fsp3) is 0.238. The number of carbonyl (C=O) groups is 2. The molecule has 0 aliphatic carbocycles. The summed E-state index contributed by atoms with van der Waals surface area (Å²) >= 11 is 13.0. The second kappa shape index (κ2) is 11.3. The van der Waals surface area contributed by atoms with Crippen LogP contribution in [0.25, 0.3) is 0 Å². The molecule has 0 saturated heterocycles. The van der Waals surface area contributed by atoms with E-state index in [1.807, 2.05) is 13.8 Å². The van der Waals surface area contributed by atoms with Crippen LogP contribution in [0.1, 0.15) is 36.1 Å². The number of halogens is 2. The third kappa shape index (κ3) is 6.92. The van der Waals surface area contributed by atoms with Gasteiger partial charge in [0.25, 0.3) is 11.6 Å². The van der Waals surface area contributed by atoms with Crippen LogP contribution < -0.4 is 10.6 Å². The number of hydrogen-bond donors (Lipinski definition) is 3. The molecule has 0 saturated carbocycles. The van der Waals surface area contributed by atoms with Gasteiger partial charge in [0.15, 0.2) is 0 Å². The number of anilines is 1. The summed E-state index contributed by atoms with van der Waals surface area (Å²) in [5, 5.41) is 24.5. The Hall–Kier alpha value is -3.15. The molecule has 34 heavy (non-hydrogen) atoms. The smallest absolute Gasteiger partial charge is 0.270 e. The van der Waals surface area contributed by atoms with Crippen molar-refractivity contribution in [1.29, 1.82) is 0 Å². The van der Waals surface area contributed by atoms with E-state index in [4.69, 9.17) is 23.2 Å². The monoisotopic (exact) mass is 522 g/mol. The molecule has 0 aliphatic heterocycles. The number of aromatic nitrogens is 3. The summed E-state index contributed by atoms with van der Waals surface area (Å²) in [5.74, 6) is -0.405. The zero-order chi connectivity index (χ0) is 24.8. The van der Waals surface area contributed by atoms with Gasteiger partial charge < -0.3 is 10.6 Å². The van der Waals surface area contributed by atoms with Crippen molar-refractivity contribution in [2.24, 2.45) is 5.92 Å². The normalized spacial score (nSPS) is 11.8. The van der Waals surface area contributed by atoms with Gasteiger partial charge in [-0.15, -0.1) is 5.10 Å². The van der Waals surface area contributed by atoms with Crippen LogP contribution >= 0.6 is 35.0 Å². The van der Waals surface area contributed by atoms with Gasteiger partial charge in [0, 0.05) is 33.4 Å². The van der Waals surface area contributed by atoms with Gasteiger partial charge in [0.05, 0.1) is 16.7 Å². The van der Waals surface area contributed by atoms with E-state index in [-0.39, 0.29) is 28.8 Å². The first kappa shape index (κ1) is 25.5. The number of rotatable bonds is 9. The molecule has 0 bridgehead atoms. The molecule has 3 aromatic rings. The van der Waals surface area contributed by atoms with Gasteiger partial charge in [-0.05, 0) is 30.2 Å². The van der Waals surface area contributed by atoms with Crippen LogP contribution in [0.5, 0.6) is 0 Å². The summed E-state index contributed by atoms with van der Waals surface area (Å²) in [6, 6.07) is 9.66. The molecule has 3 N–H and O–H groups in total. The molecule has 10 nitrogen and oxygen atoms in total. The first-order valence-corrected chi connectivity index (χ1v) is 11.7. The van der Waals surface area contributed by atoms with Crippen LogP contribution in [-0.4, -0.2) is 37.7 Å². The highest BCUT2D eigenvalue weighted by Crippen LogP contribution is 2.24. The highest BCUT2D eigenvalue weighted by atomic mass is 35.5. The van der Waals surface area contributed by atoms with Crippen molar-refractivity contribution in [1.82, 2.24) is 20.5 Å². The van der Waals surface area contributed by atoms with E-state index < -0.39 is 16.9 Å². The molecule has 0 fully saturated rings. The SMILES string of the molecule is CC(C)[C@@H](NC(=O)c1cccc([N+](=O)[O-])c1)c1nc(SCC(=O)Nc2cc(Cl)cc(Cl)c2)n[nH]1. The lowest BCUT2D eigenvalue weighted by Gasteiger charge is -2.19. The largest absolute Gasteiger partial charge is 0.342 e. The summed E-state index contributed by atoms with van der Waals surface area (Å²) in [4.78, 5) is 39.7. The van der Waals surface area contributed by atoms with Crippen molar-refractivity contribution in [3.8, 4) is 0 Å². The Labute approximate surface area is 209 Å². The van der Waals surface area contributed by atoms with E-state index in [1.165, 1.54) is 24.3 Å². The first-order valence-electron chi connectivity index (χ1n) is 9.98. The number of benzene rings is 2. The van der Waals surface area contributed by atoms with Crippen molar-refractivity contribution in [2.75, 3.05) is 11.1 Å². The number of nitro benzene ring substituents is 1. The lowest BCUT2D eigenvalue weighted by atomic mass is 10.0. The molecule has 3 rings (SSSR count). The Kier molecular flexibility index (Phi) is 8.48. The summed E-state index contributed by atoms with van der Waals surface area (Å²) in [7, 11) is 0. The number of hydrogen-bond acceptors (Lipinski definition) is 7. The fourth-order valence-corrected chi connectivity index (χ4v) is 4.08. The topological polar surface area (TPSA) is 143 Å². The summed E-state index contributed by atoms with van der Waals surface area (Å²) in [6.07, 6.45) is 0. The van der Waals surface area contributed by atoms with Crippen molar-refractivity contribution in [3.63, 3.8) is 0 Å². The molecule has 1 heterocycles. The van der Waals surface area contributed by atoms with E-state index in [9.17, 15) is 19.7 Å². The number of H-pyrrole nitrogens is 1. The lowest BCUT2D eigenvalue weighted by Crippen LogP contribution is -2.32. The van der Waals surface area contributed by atoms with Gasteiger partial charge in [-0.2, -0.15) is 0 Å². The lowest BCUT2D eigenvalue weighted by molar-refractivity contribution is -0.384. The Morgan fingerprint density at radius 1 is 1.18 bits per heavy atom. The van der Waals surface area contributed by atoms with E-state index in [2.05, 4.69) is 25.8 Å². The number of nitrogens with one attached hydrogen (secondary N) is 3. The highest BCUT2D eigenvalue weighted by Gasteiger charge is 2.24. The molecule has 2 amide bonds. The molecule has 0 spiro atoms. The summed E-state index contributed by atoms with van der Waals surface area (Å²) in [6.45, 7) is 3.77. The maximum absolute atomic E-state index is 12.7. The average Bonchev–Trinajstić information content (AvgIpc) is 3.23. The fourth-order valence-electron chi connectivity index (χ4n) is 2.95. The maximum Gasteiger partial charge on any atom is 0.270 e. The van der Waals surface area contributed by atoms with E-state index >= 15 is 0 Å². The van der Waals surface area contributed by atoms with Crippen LogP contribution in [-0.2, 0) is 4.79 Å². The predicted molar refractivity (Wildman–Crippen MR) is 130 cm³/mol. The molecule has 1 atom stereocenters. The van der Waals surface area contributed by atoms with Crippen molar-refractivity contribution >= 4 is 58.2 Å². The minimum Gasteiger partial charge on any atom is -0.342 e. The number of amides is 2.